The van der Waals surface area contributed by atoms with Crippen LogP contribution in [-0.4, -0.2) is 45.3 Å². The largest absolute Gasteiger partial charge is 0.379 e. The van der Waals surface area contributed by atoms with Crippen molar-refractivity contribution in [2.45, 2.75) is 6.54 Å². The highest BCUT2D eigenvalue weighted by Gasteiger charge is 1.99. The van der Waals surface area contributed by atoms with Crippen LogP contribution < -0.4 is 5.32 Å². The van der Waals surface area contributed by atoms with Crippen molar-refractivity contribution in [3.05, 3.63) is 48.0 Å². The van der Waals surface area contributed by atoms with E-state index in [0.29, 0.717) is 0 Å². The van der Waals surface area contributed by atoms with Gasteiger partial charge in [0, 0.05) is 19.6 Å². The Hall–Kier alpha value is -1.42. The molecule has 0 fully saturated rings. The molecule has 0 bridgehead atoms. The minimum absolute atomic E-state index is 0.763. The summed E-state index contributed by atoms with van der Waals surface area (Å²) >= 11 is 0. The summed E-state index contributed by atoms with van der Waals surface area (Å²) in [6, 6.07) is 15.0. The minimum atomic E-state index is 0.763. The maximum atomic E-state index is 5.57. The van der Waals surface area contributed by atoms with Crippen LogP contribution in [0.2, 0.25) is 0 Å². The lowest BCUT2D eigenvalue weighted by atomic mass is 10.0. The van der Waals surface area contributed by atoms with Crippen molar-refractivity contribution >= 4 is 10.8 Å². The zero-order valence-corrected chi connectivity index (χ0v) is 12.4. The minimum Gasteiger partial charge on any atom is -0.379 e. The molecule has 20 heavy (non-hydrogen) atoms. The average Bonchev–Trinajstić information content (AvgIpc) is 2.46. The normalized spacial score (nSPS) is 11.3. The fourth-order valence-electron chi connectivity index (χ4n) is 2.16. The predicted molar refractivity (Wildman–Crippen MR) is 85.0 cm³/mol. The molecule has 108 valence electrons. The van der Waals surface area contributed by atoms with Crippen molar-refractivity contribution in [3.8, 4) is 0 Å². The highest BCUT2D eigenvalue weighted by molar-refractivity contribution is 5.85. The summed E-state index contributed by atoms with van der Waals surface area (Å²) in [4.78, 5) is 2.13. The third-order valence-electron chi connectivity index (χ3n) is 3.30. The van der Waals surface area contributed by atoms with E-state index in [1.807, 2.05) is 0 Å². The van der Waals surface area contributed by atoms with Crippen LogP contribution in [0.5, 0.6) is 0 Å². The summed E-state index contributed by atoms with van der Waals surface area (Å²) < 4.78 is 5.57. The highest BCUT2D eigenvalue weighted by Crippen LogP contribution is 2.17. The number of benzene rings is 2. The lowest BCUT2D eigenvalue weighted by Crippen LogP contribution is -2.23. The smallest absolute Gasteiger partial charge is 0.0593 e. The Morgan fingerprint density at radius 3 is 2.65 bits per heavy atom. The van der Waals surface area contributed by atoms with E-state index in [0.717, 1.165) is 32.8 Å². The molecular weight excluding hydrogens is 248 g/mol. The number of likely N-dealkylation sites (N-methyl/N-ethyl adjacent to an activating group) is 1. The van der Waals surface area contributed by atoms with Crippen molar-refractivity contribution < 1.29 is 4.74 Å². The van der Waals surface area contributed by atoms with Crippen molar-refractivity contribution in [3.63, 3.8) is 0 Å². The number of hydrogen-bond acceptors (Lipinski definition) is 3. The second kappa shape index (κ2) is 8.00. The van der Waals surface area contributed by atoms with E-state index in [1.165, 1.54) is 16.3 Å². The van der Waals surface area contributed by atoms with Gasteiger partial charge in [0.1, 0.15) is 0 Å². The van der Waals surface area contributed by atoms with E-state index in [1.54, 1.807) is 0 Å². The van der Waals surface area contributed by atoms with Crippen molar-refractivity contribution in [2.75, 3.05) is 40.4 Å². The van der Waals surface area contributed by atoms with Gasteiger partial charge in [0.2, 0.25) is 0 Å². The van der Waals surface area contributed by atoms with Crippen LogP contribution in [0, 0.1) is 0 Å². The fourth-order valence-corrected chi connectivity index (χ4v) is 2.16. The molecule has 0 saturated carbocycles. The first kappa shape index (κ1) is 15.0. The second-order valence-electron chi connectivity index (χ2n) is 5.23. The topological polar surface area (TPSA) is 24.5 Å². The molecular formula is C17H24N2O. The first-order valence-corrected chi connectivity index (χ1v) is 7.17. The molecule has 0 amide bonds. The zero-order chi connectivity index (χ0) is 14.2. The van der Waals surface area contributed by atoms with Gasteiger partial charge in [-0.2, -0.15) is 0 Å². The van der Waals surface area contributed by atoms with Gasteiger partial charge in [-0.05, 0) is 30.4 Å². The second-order valence-corrected chi connectivity index (χ2v) is 5.23. The van der Waals surface area contributed by atoms with E-state index < -0.39 is 0 Å². The Bertz CT molecular complexity index is 520. The zero-order valence-electron chi connectivity index (χ0n) is 12.4. The number of nitrogens with one attached hydrogen (secondary N) is 1. The molecule has 0 atom stereocenters. The molecule has 3 nitrogen and oxygen atoms in total. The molecule has 0 saturated heterocycles. The predicted octanol–water partition coefficient (Wildman–Crippen LogP) is 2.51. The number of nitrogens with zero attached hydrogens (tertiary/aromatic N) is 1. The number of fused-ring (bicyclic) bond motifs is 1. The quantitative estimate of drug-likeness (QED) is 0.747. The van der Waals surface area contributed by atoms with Crippen molar-refractivity contribution in [2.24, 2.45) is 0 Å². The van der Waals surface area contributed by atoms with Gasteiger partial charge in [-0.3, -0.25) is 0 Å². The van der Waals surface area contributed by atoms with E-state index >= 15 is 0 Å². The summed E-state index contributed by atoms with van der Waals surface area (Å²) in [6.45, 7) is 4.31. The highest BCUT2D eigenvalue weighted by atomic mass is 16.5. The summed E-state index contributed by atoms with van der Waals surface area (Å²) in [5.74, 6) is 0. The molecule has 0 radical (unpaired) electrons. The van der Waals surface area contributed by atoms with Crippen LogP contribution in [0.4, 0.5) is 0 Å². The number of ether oxygens (including phenoxy) is 1. The Morgan fingerprint density at radius 1 is 1.00 bits per heavy atom. The van der Waals surface area contributed by atoms with Gasteiger partial charge in [-0.15, -0.1) is 0 Å². The molecule has 0 spiro atoms. The standard InChI is InChI=1S/C17H24N2O/c1-19(2)11-13-20-12-10-18-14-16-8-5-7-15-6-3-4-9-17(15)16/h3-9,18H,10-14H2,1-2H3. The van der Waals surface area contributed by atoms with Gasteiger partial charge in [0.05, 0.1) is 13.2 Å². The number of hydrogen-bond donors (Lipinski definition) is 1. The lowest BCUT2D eigenvalue weighted by Gasteiger charge is -2.11. The lowest BCUT2D eigenvalue weighted by molar-refractivity contribution is 0.119. The van der Waals surface area contributed by atoms with Crippen LogP contribution in [0.3, 0.4) is 0 Å². The molecule has 0 heterocycles. The molecule has 2 aromatic carbocycles. The maximum Gasteiger partial charge on any atom is 0.0593 e. The van der Waals surface area contributed by atoms with Crippen LogP contribution in [0.1, 0.15) is 5.56 Å². The first-order chi connectivity index (χ1) is 9.77. The first-order valence-electron chi connectivity index (χ1n) is 7.17. The monoisotopic (exact) mass is 272 g/mol. The summed E-state index contributed by atoms with van der Waals surface area (Å²) in [5.41, 5.74) is 1.34. The summed E-state index contributed by atoms with van der Waals surface area (Å²) in [7, 11) is 4.12. The third-order valence-corrected chi connectivity index (χ3v) is 3.30. The molecule has 0 aliphatic heterocycles. The molecule has 1 N–H and O–H groups in total. The van der Waals surface area contributed by atoms with Crippen molar-refractivity contribution in [1.82, 2.24) is 10.2 Å². The van der Waals surface area contributed by atoms with Crippen LogP contribution in [0.15, 0.2) is 42.5 Å². The summed E-state index contributed by atoms with van der Waals surface area (Å²) in [5, 5.41) is 6.07. The summed E-state index contributed by atoms with van der Waals surface area (Å²) in [6.07, 6.45) is 0. The Morgan fingerprint density at radius 2 is 1.80 bits per heavy atom. The van der Waals surface area contributed by atoms with E-state index in [9.17, 15) is 0 Å². The molecule has 0 aliphatic carbocycles. The molecule has 3 heteroatoms. The fraction of sp³-hybridized carbons (Fsp3) is 0.412. The van der Waals surface area contributed by atoms with Gasteiger partial charge < -0.3 is 15.0 Å². The SMILES string of the molecule is CN(C)CCOCCNCc1cccc2ccccc12. The van der Waals surface area contributed by atoms with E-state index in [2.05, 4.69) is 66.8 Å². The van der Waals surface area contributed by atoms with Gasteiger partial charge >= 0.3 is 0 Å². The molecule has 0 aliphatic rings. The average molecular weight is 272 g/mol. The molecule has 0 aromatic heterocycles. The van der Waals surface area contributed by atoms with Gasteiger partial charge in [-0.1, -0.05) is 42.5 Å². The van der Waals surface area contributed by atoms with E-state index in [-0.39, 0.29) is 0 Å². The van der Waals surface area contributed by atoms with E-state index in [4.69, 9.17) is 4.74 Å². The van der Waals surface area contributed by atoms with Crippen LogP contribution in [0.25, 0.3) is 10.8 Å². The Labute approximate surface area is 121 Å². The Kier molecular flexibility index (Phi) is 5.99. The van der Waals surface area contributed by atoms with Crippen molar-refractivity contribution in [1.29, 1.82) is 0 Å². The number of rotatable bonds is 8. The maximum absolute atomic E-state index is 5.57. The molecule has 2 rings (SSSR count). The molecule has 0 unspecified atom stereocenters. The van der Waals surface area contributed by atoms with Gasteiger partial charge in [0.25, 0.3) is 0 Å². The molecule has 2 aromatic rings. The van der Waals surface area contributed by atoms with Gasteiger partial charge in [-0.25, -0.2) is 0 Å². The van der Waals surface area contributed by atoms with Crippen LogP contribution >= 0.6 is 0 Å². The van der Waals surface area contributed by atoms with Gasteiger partial charge in [0.15, 0.2) is 0 Å². The third kappa shape index (κ3) is 4.60. The Balaban J connectivity index is 1.73. The van der Waals surface area contributed by atoms with Crippen LogP contribution in [-0.2, 0) is 11.3 Å².